The van der Waals surface area contributed by atoms with Crippen LogP contribution in [0.25, 0.3) is 17.1 Å². The molecule has 2 heterocycles. The van der Waals surface area contributed by atoms with Crippen LogP contribution in [0, 0.1) is 5.82 Å². The van der Waals surface area contributed by atoms with Crippen LogP contribution in [0.2, 0.25) is 0 Å². The number of rotatable bonds is 5. The van der Waals surface area contributed by atoms with Crippen molar-refractivity contribution in [2.75, 3.05) is 0 Å². The quantitative estimate of drug-likeness (QED) is 0.423. The fraction of sp³-hybridized carbons (Fsp3) is 0. The number of hydrogen-bond donors (Lipinski definition) is 1. The largest absolute Gasteiger partial charge is 0.463 e. The fourth-order valence-electron chi connectivity index (χ4n) is 2.63. The zero-order valence-corrected chi connectivity index (χ0v) is 14.6. The van der Waals surface area contributed by atoms with Gasteiger partial charge in [0.25, 0.3) is 5.91 Å². The Kier molecular flexibility index (Phi) is 4.79. The van der Waals surface area contributed by atoms with Gasteiger partial charge in [0, 0.05) is 17.3 Å². The van der Waals surface area contributed by atoms with Crippen LogP contribution in [0.4, 0.5) is 4.39 Å². The lowest BCUT2D eigenvalue weighted by Crippen LogP contribution is -2.17. The normalized spacial score (nSPS) is 11.0. The van der Waals surface area contributed by atoms with Crippen LogP contribution in [0.5, 0.6) is 0 Å². The van der Waals surface area contributed by atoms with E-state index in [9.17, 15) is 9.18 Å². The number of halogens is 1. The van der Waals surface area contributed by atoms with Crippen LogP contribution >= 0.6 is 0 Å². The van der Waals surface area contributed by atoms with Crippen molar-refractivity contribution in [2.24, 2.45) is 5.10 Å². The molecular formula is C21H15FN4O2. The third-order valence-electron chi connectivity index (χ3n) is 3.99. The zero-order valence-electron chi connectivity index (χ0n) is 14.6. The highest BCUT2D eigenvalue weighted by Crippen LogP contribution is 2.23. The number of nitrogens with zero attached hydrogens (tertiary/aromatic N) is 3. The molecule has 6 nitrogen and oxygen atoms in total. The summed E-state index contributed by atoms with van der Waals surface area (Å²) in [4.78, 5) is 12.1. The molecule has 0 aliphatic heterocycles. The monoisotopic (exact) mass is 374 g/mol. The molecule has 0 spiro atoms. The molecule has 28 heavy (non-hydrogen) atoms. The number of hydrogen-bond acceptors (Lipinski definition) is 4. The molecular weight excluding hydrogens is 359 g/mol. The van der Waals surface area contributed by atoms with Gasteiger partial charge in [-0.3, -0.25) is 4.79 Å². The molecule has 4 aromatic rings. The molecule has 138 valence electrons. The average Bonchev–Trinajstić information content (AvgIpc) is 3.39. The van der Waals surface area contributed by atoms with E-state index >= 15 is 0 Å². The first-order valence-electron chi connectivity index (χ1n) is 8.48. The highest BCUT2D eigenvalue weighted by molar-refractivity contribution is 5.95. The fourth-order valence-corrected chi connectivity index (χ4v) is 2.63. The summed E-state index contributed by atoms with van der Waals surface area (Å²) in [6.07, 6.45) is 4.85. The van der Waals surface area contributed by atoms with Gasteiger partial charge < -0.3 is 4.42 Å². The van der Waals surface area contributed by atoms with Crippen LogP contribution in [0.1, 0.15) is 15.9 Å². The second kappa shape index (κ2) is 7.71. The van der Waals surface area contributed by atoms with Gasteiger partial charge in [0.2, 0.25) is 0 Å². The maximum atomic E-state index is 13.0. The number of amides is 1. The summed E-state index contributed by atoms with van der Waals surface area (Å²) in [5, 5.41) is 8.57. The van der Waals surface area contributed by atoms with Crippen LogP contribution in [-0.2, 0) is 0 Å². The van der Waals surface area contributed by atoms with Gasteiger partial charge in [0.05, 0.1) is 18.2 Å². The Bertz CT molecular complexity index is 1100. The number of carbonyl (C=O) groups excluding carboxylic acids is 1. The smallest absolute Gasteiger partial charge is 0.271 e. The topological polar surface area (TPSA) is 72.4 Å². The standard InChI is InChI=1S/C21H15FN4O2/c22-17-10-8-15(9-11-17)21(27)24-23-13-16-14-26(18-5-2-1-3-6-18)25-20(16)19-7-4-12-28-19/h1-14H,(H,24,27)/b23-13-. The Balaban J connectivity index is 1.59. The summed E-state index contributed by atoms with van der Waals surface area (Å²) < 4.78 is 20.1. The SMILES string of the molecule is O=C(N/N=C\c1cn(-c2ccccc2)nc1-c1ccco1)c1ccc(F)cc1. The molecule has 1 N–H and O–H groups in total. The summed E-state index contributed by atoms with van der Waals surface area (Å²) >= 11 is 0. The Morgan fingerprint density at radius 2 is 1.86 bits per heavy atom. The molecule has 0 aliphatic carbocycles. The van der Waals surface area contributed by atoms with E-state index in [0.29, 0.717) is 22.6 Å². The van der Waals surface area contributed by atoms with E-state index < -0.39 is 11.7 Å². The third kappa shape index (κ3) is 3.73. The zero-order chi connectivity index (χ0) is 19.3. The van der Waals surface area contributed by atoms with Gasteiger partial charge in [-0.05, 0) is 48.5 Å². The van der Waals surface area contributed by atoms with E-state index in [0.717, 1.165) is 5.69 Å². The molecule has 2 aromatic carbocycles. The lowest BCUT2D eigenvalue weighted by molar-refractivity contribution is 0.0955. The van der Waals surface area contributed by atoms with Crippen molar-refractivity contribution in [3.05, 3.63) is 96.1 Å². The first kappa shape index (κ1) is 17.4. The summed E-state index contributed by atoms with van der Waals surface area (Å²) in [5.41, 5.74) is 4.88. The van der Waals surface area contributed by atoms with E-state index in [2.05, 4.69) is 15.6 Å². The Hall–Kier alpha value is -4.00. The van der Waals surface area contributed by atoms with E-state index in [4.69, 9.17) is 4.42 Å². The second-order valence-corrected chi connectivity index (χ2v) is 5.90. The predicted octanol–water partition coefficient (Wildman–Crippen LogP) is 4.04. The maximum absolute atomic E-state index is 13.0. The van der Waals surface area contributed by atoms with Crippen LogP contribution < -0.4 is 5.43 Å². The van der Waals surface area contributed by atoms with Gasteiger partial charge in [-0.15, -0.1) is 0 Å². The van der Waals surface area contributed by atoms with Crippen LogP contribution in [0.15, 0.2) is 88.7 Å². The van der Waals surface area contributed by atoms with Gasteiger partial charge in [0.1, 0.15) is 11.5 Å². The van der Waals surface area contributed by atoms with Crippen molar-refractivity contribution >= 4 is 12.1 Å². The van der Waals surface area contributed by atoms with Crippen molar-refractivity contribution in [3.63, 3.8) is 0 Å². The average molecular weight is 374 g/mol. The van der Waals surface area contributed by atoms with Gasteiger partial charge in [-0.25, -0.2) is 14.5 Å². The predicted molar refractivity (Wildman–Crippen MR) is 103 cm³/mol. The summed E-state index contributed by atoms with van der Waals surface area (Å²) in [6.45, 7) is 0. The molecule has 2 aromatic heterocycles. The molecule has 1 amide bonds. The minimum Gasteiger partial charge on any atom is -0.463 e. The minimum atomic E-state index is -0.439. The number of para-hydroxylation sites is 1. The molecule has 0 saturated heterocycles. The van der Waals surface area contributed by atoms with Crippen molar-refractivity contribution in [3.8, 4) is 17.1 Å². The lowest BCUT2D eigenvalue weighted by Gasteiger charge is -1.99. The van der Waals surface area contributed by atoms with Crippen molar-refractivity contribution < 1.29 is 13.6 Å². The Morgan fingerprint density at radius 3 is 2.57 bits per heavy atom. The lowest BCUT2D eigenvalue weighted by atomic mass is 10.2. The van der Waals surface area contributed by atoms with Crippen molar-refractivity contribution in [1.82, 2.24) is 15.2 Å². The summed E-state index contributed by atoms with van der Waals surface area (Å²) in [5.74, 6) is -0.260. The number of nitrogens with one attached hydrogen (secondary N) is 1. The molecule has 0 saturated carbocycles. The van der Waals surface area contributed by atoms with Crippen molar-refractivity contribution in [2.45, 2.75) is 0 Å². The van der Waals surface area contributed by atoms with E-state index in [1.54, 1.807) is 29.3 Å². The molecule has 0 atom stereocenters. The Labute approximate surface area is 159 Å². The van der Waals surface area contributed by atoms with Gasteiger partial charge in [-0.1, -0.05) is 18.2 Å². The van der Waals surface area contributed by atoms with Gasteiger partial charge in [0.15, 0.2) is 5.76 Å². The number of benzene rings is 2. The second-order valence-electron chi connectivity index (χ2n) is 5.90. The van der Waals surface area contributed by atoms with Crippen LogP contribution in [0.3, 0.4) is 0 Å². The Morgan fingerprint density at radius 1 is 1.07 bits per heavy atom. The van der Waals surface area contributed by atoms with Crippen molar-refractivity contribution in [1.29, 1.82) is 0 Å². The third-order valence-corrected chi connectivity index (χ3v) is 3.99. The number of carbonyl (C=O) groups is 1. The van der Waals surface area contributed by atoms with E-state index in [1.807, 2.05) is 30.3 Å². The summed E-state index contributed by atoms with van der Waals surface area (Å²) in [7, 11) is 0. The van der Waals surface area contributed by atoms with Crippen LogP contribution in [-0.4, -0.2) is 21.9 Å². The summed E-state index contributed by atoms with van der Waals surface area (Å²) in [6, 6.07) is 18.4. The molecule has 0 fully saturated rings. The highest BCUT2D eigenvalue weighted by atomic mass is 19.1. The molecule has 0 radical (unpaired) electrons. The number of hydrazone groups is 1. The first-order valence-corrected chi connectivity index (χ1v) is 8.48. The number of aromatic nitrogens is 2. The van der Waals surface area contributed by atoms with Gasteiger partial charge >= 0.3 is 0 Å². The minimum absolute atomic E-state index is 0.310. The van der Waals surface area contributed by atoms with E-state index in [-0.39, 0.29) is 0 Å². The first-order chi connectivity index (χ1) is 13.7. The molecule has 7 heteroatoms. The highest BCUT2D eigenvalue weighted by Gasteiger charge is 2.13. The maximum Gasteiger partial charge on any atom is 0.271 e. The molecule has 4 rings (SSSR count). The number of furan rings is 1. The molecule has 0 bridgehead atoms. The molecule has 0 aliphatic rings. The van der Waals surface area contributed by atoms with Gasteiger partial charge in [-0.2, -0.15) is 10.2 Å². The molecule has 0 unspecified atom stereocenters. The van der Waals surface area contributed by atoms with E-state index in [1.165, 1.54) is 30.5 Å².